The number of amides is 1. The van der Waals surface area contributed by atoms with Crippen LogP contribution in [0.5, 0.6) is 0 Å². The van der Waals surface area contributed by atoms with Gasteiger partial charge in [-0.1, -0.05) is 6.07 Å². The lowest BCUT2D eigenvalue weighted by Gasteiger charge is -2.33. The number of hydrogen-bond acceptors (Lipinski definition) is 3. The number of carboxylic acid groups (broad SMARTS) is 1. The minimum atomic E-state index is -0.821. The first-order chi connectivity index (χ1) is 12.1. The second kappa shape index (κ2) is 6.19. The Morgan fingerprint density at radius 2 is 2.24 bits per heavy atom. The number of aromatic amines is 1. The van der Waals surface area contributed by atoms with Crippen molar-refractivity contribution in [2.24, 2.45) is 11.3 Å². The van der Waals surface area contributed by atoms with Crippen LogP contribution < -0.4 is 0 Å². The zero-order valence-electron chi connectivity index (χ0n) is 14.0. The average molecular weight is 342 g/mol. The molecule has 6 nitrogen and oxygen atoms in total. The lowest BCUT2D eigenvalue weighted by atomic mass is 9.74. The van der Waals surface area contributed by atoms with Gasteiger partial charge in [-0.15, -0.1) is 0 Å². The van der Waals surface area contributed by atoms with Crippen molar-refractivity contribution in [3.63, 3.8) is 0 Å². The third-order valence-corrected chi connectivity index (χ3v) is 5.73. The van der Waals surface area contributed by atoms with Crippen molar-refractivity contribution in [2.75, 3.05) is 26.3 Å². The number of rotatable bonds is 4. The molecule has 2 N–H and O–H groups in total. The summed E-state index contributed by atoms with van der Waals surface area (Å²) >= 11 is 0. The summed E-state index contributed by atoms with van der Waals surface area (Å²) in [5.41, 5.74) is 1.38. The van der Waals surface area contributed by atoms with Gasteiger partial charge in [0.25, 0.3) is 0 Å². The molecule has 0 unspecified atom stereocenters. The number of ether oxygens (including phenoxy) is 1. The maximum atomic E-state index is 12.6. The minimum Gasteiger partial charge on any atom is -0.481 e. The number of carboxylic acids is 1. The molecule has 2 aliphatic heterocycles. The van der Waals surface area contributed by atoms with E-state index >= 15 is 0 Å². The van der Waals surface area contributed by atoms with Crippen molar-refractivity contribution in [3.05, 3.63) is 36.0 Å². The summed E-state index contributed by atoms with van der Waals surface area (Å²) in [7, 11) is 0. The SMILES string of the molecule is O=C(CCc1ccc2[nH]ccc2c1)N1C[C@H]2COCC[C@@]2(C(=O)O)C1. The molecule has 2 aromatic rings. The first-order valence-electron chi connectivity index (χ1n) is 8.73. The molecule has 3 heterocycles. The predicted molar refractivity (Wildman–Crippen MR) is 92.2 cm³/mol. The molecular weight excluding hydrogens is 320 g/mol. The first-order valence-corrected chi connectivity index (χ1v) is 8.73. The lowest BCUT2D eigenvalue weighted by molar-refractivity contribution is -0.157. The van der Waals surface area contributed by atoms with E-state index < -0.39 is 11.4 Å². The second-order valence-corrected chi connectivity index (χ2v) is 7.16. The summed E-state index contributed by atoms with van der Waals surface area (Å²) in [6.07, 6.45) is 3.46. The van der Waals surface area contributed by atoms with Crippen molar-refractivity contribution in [3.8, 4) is 0 Å². The quantitative estimate of drug-likeness (QED) is 0.891. The highest BCUT2D eigenvalue weighted by molar-refractivity contribution is 5.82. The van der Waals surface area contributed by atoms with Crippen molar-refractivity contribution in [1.29, 1.82) is 0 Å². The van der Waals surface area contributed by atoms with Crippen molar-refractivity contribution < 1.29 is 19.4 Å². The third-order valence-electron chi connectivity index (χ3n) is 5.73. The van der Waals surface area contributed by atoms with Crippen LogP contribution in [0.2, 0.25) is 0 Å². The number of fused-ring (bicyclic) bond motifs is 2. The molecule has 2 aliphatic rings. The Hall–Kier alpha value is -2.34. The Morgan fingerprint density at radius 3 is 3.04 bits per heavy atom. The third kappa shape index (κ3) is 2.80. The molecule has 1 aromatic carbocycles. The van der Waals surface area contributed by atoms with Gasteiger partial charge in [0.05, 0.1) is 12.0 Å². The maximum absolute atomic E-state index is 12.6. The fourth-order valence-electron chi connectivity index (χ4n) is 4.16. The number of aliphatic carboxylic acids is 1. The van der Waals surface area contributed by atoms with Crippen LogP contribution in [0.1, 0.15) is 18.4 Å². The number of aromatic nitrogens is 1. The van der Waals surface area contributed by atoms with Crippen LogP contribution in [-0.2, 0) is 20.7 Å². The number of aryl methyl sites for hydroxylation is 1. The molecular formula is C19H22N2O4. The van der Waals surface area contributed by atoms with E-state index in [-0.39, 0.29) is 11.8 Å². The molecule has 6 heteroatoms. The number of benzene rings is 1. The number of carbonyl (C=O) groups is 2. The summed E-state index contributed by atoms with van der Waals surface area (Å²) < 4.78 is 5.44. The predicted octanol–water partition coefficient (Wildman–Crippen LogP) is 2.05. The van der Waals surface area contributed by atoms with Gasteiger partial charge in [-0.25, -0.2) is 0 Å². The zero-order chi connectivity index (χ0) is 17.4. The van der Waals surface area contributed by atoms with Crippen molar-refractivity contribution >= 4 is 22.8 Å². The Kier molecular flexibility index (Phi) is 4.00. The highest BCUT2D eigenvalue weighted by Gasteiger charge is 2.54. The molecule has 2 fully saturated rings. The molecule has 0 saturated carbocycles. The van der Waals surface area contributed by atoms with Gasteiger partial charge in [0, 0.05) is 43.7 Å². The molecule has 0 bridgehead atoms. The van der Waals surface area contributed by atoms with E-state index in [0.717, 1.165) is 16.5 Å². The average Bonchev–Trinajstić information content (AvgIpc) is 3.23. The second-order valence-electron chi connectivity index (χ2n) is 7.16. The van der Waals surface area contributed by atoms with Crippen LogP contribution in [0.3, 0.4) is 0 Å². The fourth-order valence-corrected chi connectivity index (χ4v) is 4.16. The normalized spacial score (nSPS) is 25.9. The molecule has 0 aliphatic carbocycles. The molecule has 0 spiro atoms. The standard InChI is InChI=1S/C19H22N2O4/c22-17(4-2-13-1-3-16-14(9-13)5-7-20-16)21-10-15-11-25-8-6-19(15,12-21)18(23)24/h1,3,5,7,9,15,20H,2,4,6,8,10-12H2,(H,23,24)/t15-,19+/m0/s1. The van der Waals surface area contributed by atoms with Gasteiger partial charge in [0.1, 0.15) is 0 Å². The van der Waals surface area contributed by atoms with Crippen LogP contribution in [0, 0.1) is 11.3 Å². The molecule has 1 aromatic heterocycles. The Balaban J connectivity index is 1.42. The van der Waals surface area contributed by atoms with Gasteiger partial charge in [-0.05, 0) is 42.0 Å². The van der Waals surface area contributed by atoms with Crippen LogP contribution in [0.15, 0.2) is 30.5 Å². The Bertz CT molecular complexity index is 815. The monoisotopic (exact) mass is 342 g/mol. The molecule has 0 radical (unpaired) electrons. The van der Waals surface area contributed by atoms with Crippen LogP contribution in [-0.4, -0.2) is 53.2 Å². The van der Waals surface area contributed by atoms with Crippen LogP contribution in [0.25, 0.3) is 10.9 Å². The number of hydrogen-bond donors (Lipinski definition) is 2. The number of likely N-dealkylation sites (tertiary alicyclic amines) is 1. The lowest BCUT2D eigenvalue weighted by Crippen LogP contribution is -2.45. The topological polar surface area (TPSA) is 82.6 Å². The fraction of sp³-hybridized carbons (Fsp3) is 0.474. The van der Waals surface area contributed by atoms with Gasteiger partial charge < -0.3 is 19.7 Å². The maximum Gasteiger partial charge on any atom is 0.311 e. The first kappa shape index (κ1) is 16.1. The number of H-pyrrole nitrogens is 1. The summed E-state index contributed by atoms with van der Waals surface area (Å²) in [5, 5.41) is 10.8. The molecule has 1 amide bonds. The molecule has 4 rings (SSSR count). The number of carbonyl (C=O) groups excluding carboxylic acids is 1. The molecule has 2 saturated heterocycles. The molecule has 132 valence electrons. The number of nitrogens with one attached hydrogen (secondary N) is 1. The van der Waals surface area contributed by atoms with Gasteiger partial charge in [-0.2, -0.15) is 0 Å². The summed E-state index contributed by atoms with van der Waals surface area (Å²) in [6.45, 7) is 1.69. The number of nitrogens with zero attached hydrogens (tertiary/aromatic N) is 1. The van der Waals surface area contributed by atoms with Crippen molar-refractivity contribution in [2.45, 2.75) is 19.3 Å². The van der Waals surface area contributed by atoms with E-state index in [0.29, 0.717) is 45.6 Å². The van der Waals surface area contributed by atoms with Crippen molar-refractivity contribution in [1.82, 2.24) is 9.88 Å². The van der Waals surface area contributed by atoms with Crippen LogP contribution >= 0.6 is 0 Å². The highest BCUT2D eigenvalue weighted by atomic mass is 16.5. The smallest absolute Gasteiger partial charge is 0.311 e. The zero-order valence-corrected chi connectivity index (χ0v) is 14.0. The molecule has 25 heavy (non-hydrogen) atoms. The van der Waals surface area contributed by atoms with Crippen LogP contribution in [0.4, 0.5) is 0 Å². The highest BCUT2D eigenvalue weighted by Crippen LogP contribution is 2.42. The summed E-state index contributed by atoms with van der Waals surface area (Å²) in [4.78, 5) is 29.3. The van der Waals surface area contributed by atoms with E-state index in [2.05, 4.69) is 11.1 Å². The van der Waals surface area contributed by atoms with Gasteiger partial charge in [0.2, 0.25) is 5.91 Å². The van der Waals surface area contributed by atoms with Gasteiger partial charge >= 0.3 is 5.97 Å². The summed E-state index contributed by atoms with van der Waals surface area (Å²) in [6, 6.07) is 8.16. The van der Waals surface area contributed by atoms with E-state index in [4.69, 9.17) is 4.74 Å². The molecule has 2 atom stereocenters. The largest absolute Gasteiger partial charge is 0.481 e. The summed E-state index contributed by atoms with van der Waals surface area (Å²) in [5.74, 6) is -0.864. The van der Waals surface area contributed by atoms with E-state index in [9.17, 15) is 14.7 Å². The van der Waals surface area contributed by atoms with Gasteiger partial charge in [0.15, 0.2) is 0 Å². The Morgan fingerprint density at radius 1 is 1.36 bits per heavy atom. The van der Waals surface area contributed by atoms with Gasteiger partial charge in [-0.3, -0.25) is 9.59 Å². The Labute approximate surface area is 145 Å². The van der Waals surface area contributed by atoms with E-state index in [1.54, 1.807) is 4.90 Å². The minimum absolute atomic E-state index is 0.0317. The van der Waals surface area contributed by atoms with E-state index in [1.165, 1.54) is 0 Å². The van der Waals surface area contributed by atoms with E-state index in [1.807, 2.05) is 24.4 Å².